The minimum Gasteiger partial charge on any atom is -0.481 e. The summed E-state index contributed by atoms with van der Waals surface area (Å²) in [4.78, 5) is 40.1. The van der Waals surface area contributed by atoms with E-state index in [0.717, 1.165) is 31.5 Å². The standard InChI is InChI=1S/C21H27N3O4/c25-18(24-12-9-15-5-1-2-7-17(15)24)8-4-11-22-20(28)23-13-16-6-3-10-21(16,14-23)19(26)27/h1-2,5,7,16H,3-4,6,8-14H2,(H,22,28)(H,26,27)/t16-,21+/m0/s1. The minimum absolute atomic E-state index is 0.0626. The summed E-state index contributed by atoms with van der Waals surface area (Å²) in [7, 11) is 0. The first-order valence-corrected chi connectivity index (χ1v) is 10.2. The zero-order valence-electron chi connectivity index (χ0n) is 16.0. The van der Waals surface area contributed by atoms with E-state index in [4.69, 9.17) is 0 Å². The molecule has 7 nitrogen and oxygen atoms in total. The van der Waals surface area contributed by atoms with E-state index < -0.39 is 11.4 Å². The Morgan fingerprint density at radius 1 is 1.25 bits per heavy atom. The van der Waals surface area contributed by atoms with Crippen molar-refractivity contribution in [2.24, 2.45) is 11.3 Å². The molecule has 0 aromatic heterocycles. The number of nitrogens with zero attached hydrogens (tertiary/aromatic N) is 2. The number of anilines is 1. The lowest BCUT2D eigenvalue weighted by atomic mass is 9.81. The molecule has 7 heteroatoms. The van der Waals surface area contributed by atoms with Crippen molar-refractivity contribution in [2.75, 3.05) is 31.1 Å². The van der Waals surface area contributed by atoms with E-state index in [1.165, 1.54) is 5.56 Å². The number of fused-ring (bicyclic) bond motifs is 2. The van der Waals surface area contributed by atoms with Crippen molar-refractivity contribution < 1.29 is 19.5 Å². The van der Waals surface area contributed by atoms with Gasteiger partial charge in [-0.05, 0) is 43.2 Å². The molecular formula is C21H27N3O4. The van der Waals surface area contributed by atoms with E-state index in [-0.39, 0.29) is 17.9 Å². The van der Waals surface area contributed by atoms with Crippen molar-refractivity contribution in [2.45, 2.75) is 38.5 Å². The number of aliphatic carboxylic acids is 1. The Labute approximate surface area is 164 Å². The van der Waals surface area contributed by atoms with Crippen molar-refractivity contribution >= 4 is 23.6 Å². The second-order valence-electron chi connectivity index (χ2n) is 8.19. The predicted octanol–water partition coefficient (Wildman–Crippen LogP) is 2.25. The van der Waals surface area contributed by atoms with Crippen LogP contribution in [0.4, 0.5) is 10.5 Å². The molecule has 4 rings (SSSR count). The zero-order chi connectivity index (χ0) is 19.7. The first kappa shape index (κ1) is 18.8. The fourth-order valence-corrected chi connectivity index (χ4v) is 5.07. The number of carboxylic acids is 1. The Morgan fingerprint density at radius 2 is 2.07 bits per heavy atom. The quantitative estimate of drug-likeness (QED) is 0.761. The predicted molar refractivity (Wildman–Crippen MR) is 104 cm³/mol. The van der Waals surface area contributed by atoms with Crippen LogP contribution in [0.2, 0.25) is 0 Å². The van der Waals surface area contributed by atoms with Crippen molar-refractivity contribution in [3.63, 3.8) is 0 Å². The van der Waals surface area contributed by atoms with E-state index in [1.807, 2.05) is 23.1 Å². The van der Waals surface area contributed by atoms with Crippen molar-refractivity contribution in [1.82, 2.24) is 10.2 Å². The van der Waals surface area contributed by atoms with Gasteiger partial charge in [0.05, 0.1) is 5.41 Å². The van der Waals surface area contributed by atoms with E-state index in [2.05, 4.69) is 11.4 Å². The van der Waals surface area contributed by atoms with Gasteiger partial charge in [-0.2, -0.15) is 0 Å². The van der Waals surface area contributed by atoms with Crippen LogP contribution in [0, 0.1) is 11.3 Å². The van der Waals surface area contributed by atoms with Gasteiger partial charge in [-0.3, -0.25) is 9.59 Å². The summed E-state index contributed by atoms with van der Waals surface area (Å²) in [6.07, 6.45) is 4.31. The molecule has 0 radical (unpaired) electrons. The second kappa shape index (κ2) is 7.45. The van der Waals surface area contributed by atoms with Crippen LogP contribution in [-0.2, 0) is 16.0 Å². The lowest BCUT2D eigenvalue weighted by Gasteiger charge is -2.23. The Balaban J connectivity index is 1.23. The number of para-hydroxylation sites is 1. The molecule has 2 N–H and O–H groups in total. The number of benzene rings is 1. The molecule has 150 valence electrons. The van der Waals surface area contributed by atoms with Gasteiger partial charge in [0.25, 0.3) is 0 Å². The van der Waals surface area contributed by atoms with Gasteiger partial charge in [0, 0.05) is 38.3 Å². The van der Waals surface area contributed by atoms with Gasteiger partial charge in [0.15, 0.2) is 0 Å². The van der Waals surface area contributed by atoms with Gasteiger partial charge in [0.2, 0.25) is 5.91 Å². The van der Waals surface area contributed by atoms with E-state index in [9.17, 15) is 19.5 Å². The molecule has 2 fully saturated rings. The summed E-state index contributed by atoms with van der Waals surface area (Å²) in [5, 5.41) is 12.5. The number of rotatable bonds is 5. The molecule has 0 spiro atoms. The Kier molecular flexibility index (Phi) is 5.00. The number of carbonyl (C=O) groups is 3. The molecule has 1 aromatic carbocycles. The molecule has 28 heavy (non-hydrogen) atoms. The van der Waals surface area contributed by atoms with E-state index in [1.54, 1.807) is 4.90 Å². The largest absolute Gasteiger partial charge is 0.481 e. The van der Waals surface area contributed by atoms with Crippen LogP contribution < -0.4 is 10.2 Å². The van der Waals surface area contributed by atoms with Crippen molar-refractivity contribution in [1.29, 1.82) is 0 Å². The van der Waals surface area contributed by atoms with Gasteiger partial charge in [-0.15, -0.1) is 0 Å². The summed E-state index contributed by atoms with van der Waals surface area (Å²) in [5.41, 5.74) is 1.45. The number of hydrogen-bond acceptors (Lipinski definition) is 3. The molecule has 0 unspecified atom stereocenters. The molecule has 2 heterocycles. The average molecular weight is 385 g/mol. The smallest absolute Gasteiger partial charge is 0.317 e. The fraction of sp³-hybridized carbons (Fsp3) is 0.571. The number of urea groups is 1. The van der Waals surface area contributed by atoms with Crippen LogP contribution in [0.15, 0.2) is 24.3 Å². The lowest BCUT2D eigenvalue weighted by Crippen LogP contribution is -2.42. The molecule has 3 aliphatic rings. The van der Waals surface area contributed by atoms with Crippen LogP contribution in [0.3, 0.4) is 0 Å². The first-order valence-electron chi connectivity index (χ1n) is 10.2. The Hall–Kier alpha value is -2.57. The molecule has 2 atom stereocenters. The number of hydrogen-bond donors (Lipinski definition) is 2. The van der Waals surface area contributed by atoms with Crippen LogP contribution in [0.1, 0.15) is 37.7 Å². The number of amides is 3. The average Bonchev–Trinajstić information content (AvgIpc) is 3.36. The highest BCUT2D eigenvalue weighted by Gasteiger charge is 2.55. The second-order valence-corrected chi connectivity index (χ2v) is 8.19. The van der Waals surface area contributed by atoms with Crippen LogP contribution in [0.25, 0.3) is 0 Å². The highest BCUT2D eigenvalue weighted by Crippen LogP contribution is 2.48. The maximum atomic E-state index is 12.5. The number of carbonyl (C=O) groups excluding carboxylic acids is 2. The highest BCUT2D eigenvalue weighted by atomic mass is 16.4. The summed E-state index contributed by atoms with van der Waals surface area (Å²) in [6.45, 7) is 1.95. The molecule has 1 aliphatic carbocycles. The van der Waals surface area contributed by atoms with E-state index >= 15 is 0 Å². The van der Waals surface area contributed by atoms with Crippen LogP contribution >= 0.6 is 0 Å². The molecular weight excluding hydrogens is 358 g/mol. The fourth-order valence-electron chi connectivity index (χ4n) is 5.07. The summed E-state index contributed by atoms with van der Waals surface area (Å²) in [6, 6.07) is 7.75. The minimum atomic E-state index is -0.776. The van der Waals surface area contributed by atoms with Gasteiger partial charge < -0.3 is 20.2 Å². The van der Waals surface area contributed by atoms with Crippen LogP contribution in [-0.4, -0.2) is 54.1 Å². The van der Waals surface area contributed by atoms with Gasteiger partial charge in [-0.25, -0.2) is 4.79 Å². The monoisotopic (exact) mass is 385 g/mol. The molecule has 0 bridgehead atoms. The molecule has 1 saturated heterocycles. The van der Waals surface area contributed by atoms with E-state index in [0.29, 0.717) is 38.9 Å². The molecule has 1 saturated carbocycles. The summed E-state index contributed by atoms with van der Waals surface area (Å²) in [5.74, 6) is -0.630. The van der Waals surface area contributed by atoms with Crippen molar-refractivity contribution in [3.8, 4) is 0 Å². The molecule has 2 aliphatic heterocycles. The third-order valence-electron chi connectivity index (χ3n) is 6.62. The highest BCUT2D eigenvalue weighted by molar-refractivity contribution is 5.95. The lowest BCUT2D eigenvalue weighted by molar-refractivity contribution is -0.149. The van der Waals surface area contributed by atoms with Gasteiger partial charge in [-0.1, -0.05) is 24.6 Å². The molecule has 3 amide bonds. The normalized spacial score (nSPS) is 25.5. The SMILES string of the molecule is O=C(NCCCC(=O)N1CCc2ccccc21)N1C[C@@H]2CCC[C@@]2(C(=O)O)C1. The maximum absolute atomic E-state index is 12.5. The number of nitrogens with one attached hydrogen (secondary N) is 1. The molecule has 1 aromatic rings. The Morgan fingerprint density at radius 3 is 2.86 bits per heavy atom. The number of likely N-dealkylation sites (tertiary alicyclic amines) is 1. The Bertz CT molecular complexity index is 796. The van der Waals surface area contributed by atoms with Gasteiger partial charge >= 0.3 is 12.0 Å². The number of carboxylic acid groups (broad SMARTS) is 1. The third kappa shape index (κ3) is 3.23. The van der Waals surface area contributed by atoms with Gasteiger partial charge in [0.1, 0.15) is 0 Å². The zero-order valence-corrected chi connectivity index (χ0v) is 16.0. The topological polar surface area (TPSA) is 90.0 Å². The maximum Gasteiger partial charge on any atom is 0.317 e. The third-order valence-corrected chi connectivity index (χ3v) is 6.62. The van der Waals surface area contributed by atoms with Crippen molar-refractivity contribution in [3.05, 3.63) is 29.8 Å². The van der Waals surface area contributed by atoms with Crippen LogP contribution in [0.5, 0.6) is 0 Å². The summed E-state index contributed by atoms with van der Waals surface area (Å²) >= 11 is 0. The summed E-state index contributed by atoms with van der Waals surface area (Å²) < 4.78 is 0. The first-order chi connectivity index (χ1) is 13.5.